The molecule has 0 aliphatic heterocycles. The lowest BCUT2D eigenvalue weighted by atomic mass is 10.1. The average Bonchev–Trinajstić information content (AvgIpc) is 3.07. The normalized spacial score (nSPS) is 11.0. The van der Waals surface area contributed by atoms with Crippen molar-refractivity contribution in [3.63, 3.8) is 0 Å². The number of rotatable bonds is 3. The van der Waals surface area contributed by atoms with Crippen molar-refractivity contribution in [2.75, 3.05) is 0 Å². The molecular formula is C18H12BrN3O2. The molecule has 2 aromatic carbocycles. The smallest absolute Gasteiger partial charge is 0.261 e. The highest BCUT2D eigenvalue weighted by atomic mass is 79.9. The Morgan fingerprint density at radius 2 is 1.92 bits per heavy atom. The second kappa shape index (κ2) is 6.05. The molecule has 0 saturated carbocycles. The number of aromatic nitrogens is 3. The van der Waals surface area contributed by atoms with Crippen molar-refractivity contribution in [2.24, 2.45) is 0 Å². The minimum atomic E-state index is -0.112. The van der Waals surface area contributed by atoms with Gasteiger partial charge in [-0.3, -0.25) is 9.36 Å². The van der Waals surface area contributed by atoms with Gasteiger partial charge in [-0.2, -0.15) is 0 Å². The van der Waals surface area contributed by atoms with Gasteiger partial charge in [-0.1, -0.05) is 51.4 Å². The number of hydrogen-bond donors (Lipinski definition) is 0. The van der Waals surface area contributed by atoms with Gasteiger partial charge < -0.3 is 4.52 Å². The fourth-order valence-electron chi connectivity index (χ4n) is 2.54. The van der Waals surface area contributed by atoms with E-state index in [9.17, 15) is 4.79 Å². The maximum absolute atomic E-state index is 12.6. The fraction of sp³-hybridized carbons (Fsp3) is 0.0556. The Balaban J connectivity index is 1.69. The third-order valence-electron chi connectivity index (χ3n) is 3.74. The van der Waals surface area contributed by atoms with Crippen LogP contribution in [0, 0.1) is 0 Å². The van der Waals surface area contributed by atoms with E-state index >= 15 is 0 Å². The summed E-state index contributed by atoms with van der Waals surface area (Å²) in [6.45, 7) is 0.286. The molecule has 0 bridgehead atoms. The van der Waals surface area contributed by atoms with E-state index in [0.717, 1.165) is 15.7 Å². The third kappa shape index (κ3) is 2.76. The molecule has 0 amide bonds. The monoisotopic (exact) mass is 381 g/mol. The first-order chi connectivity index (χ1) is 11.7. The van der Waals surface area contributed by atoms with Gasteiger partial charge in [-0.05, 0) is 18.2 Å². The topological polar surface area (TPSA) is 60.9 Å². The van der Waals surface area contributed by atoms with Gasteiger partial charge in [-0.15, -0.1) is 0 Å². The zero-order valence-electron chi connectivity index (χ0n) is 12.5. The second-order valence-corrected chi connectivity index (χ2v) is 6.30. The van der Waals surface area contributed by atoms with Gasteiger partial charge in [0.15, 0.2) is 5.76 Å². The molecule has 2 heterocycles. The van der Waals surface area contributed by atoms with Gasteiger partial charge in [0, 0.05) is 16.1 Å². The van der Waals surface area contributed by atoms with E-state index in [0.29, 0.717) is 16.7 Å². The summed E-state index contributed by atoms with van der Waals surface area (Å²) in [6.07, 6.45) is 1.53. The summed E-state index contributed by atoms with van der Waals surface area (Å²) in [5.41, 5.74) is 2.27. The molecule has 0 aliphatic rings. The maximum Gasteiger partial charge on any atom is 0.261 e. The molecule has 0 aliphatic carbocycles. The number of fused-ring (bicyclic) bond motifs is 1. The fourth-order valence-corrected chi connectivity index (χ4v) is 2.91. The van der Waals surface area contributed by atoms with E-state index in [1.54, 1.807) is 6.07 Å². The number of nitrogens with zero attached hydrogens (tertiary/aromatic N) is 3. The van der Waals surface area contributed by atoms with Gasteiger partial charge in [0.1, 0.15) is 5.69 Å². The van der Waals surface area contributed by atoms with Crippen LogP contribution < -0.4 is 5.56 Å². The van der Waals surface area contributed by atoms with Crippen molar-refractivity contribution in [2.45, 2.75) is 6.54 Å². The van der Waals surface area contributed by atoms with E-state index in [2.05, 4.69) is 26.1 Å². The number of halogens is 1. The first kappa shape index (κ1) is 14.8. The highest BCUT2D eigenvalue weighted by Crippen LogP contribution is 2.19. The summed E-state index contributed by atoms with van der Waals surface area (Å²) >= 11 is 3.38. The van der Waals surface area contributed by atoms with E-state index in [4.69, 9.17) is 4.52 Å². The highest BCUT2D eigenvalue weighted by Gasteiger charge is 2.10. The van der Waals surface area contributed by atoms with E-state index in [1.165, 1.54) is 10.9 Å². The van der Waals surface area contributed by atoms with Gasteiger partial charge >= 0.3 is 0 Å². The van der Waals surface area contributed by atoms with Crippen LogP contribution in [0.5, 0.6) is 0 Å². The Morgan fingerprint density at radius 1 is 1.08 bits per heavy atom. The number of hydrogen-bond acceptors (Lipinski definition) is 4. The molecule has 0 fully saturated rings. The zero-order chi connectivity index (χ0) is 16.5. The van der Waals surface area contributed by atoms with Crippen LogP contribution >= 0.6 is 15.9 Å². The lowest BCUT2D eigenvalue weighted by Gasteiger charge is -2.04. The predicted octanol–water partition coefficient (Wildman–Crippen LogP) is 3.86. The standard InChI is InChI=1S/C18H12BrN3O2/c19-13-6-7-16-15(8-13)18(23)22(11-20-16)10-14-9-17(21-24-14)12-4-2-1-3-5-12/h1-9,11H,10H2. The summed E-state index contributed by atoms with van der Waals surface area (Å²) < 4.78 is 7.73. The minimum absolute atomic E-state index is 0.112. The molecule has 0 spiro atoms. The van der Waals surface area contributed by atoms with Crippen LogP contribution in [0.25, 0.3) is 22.2 Å². The predicted molar refractivity (Wildman–Crippen MR) is 94.7 cm³/mol. The van der Waals surface area contributed by atoms with E-state index in [-0.39, 0.29) is 12.1 Å². The molecule has 4 rings (SSSR count). The quantitative estimate of drug-likeness (QED) is 0.540. The molecule has 0 unspecified atom stereocenters. The highest BCUT2D eigenvalue weighted by molar-refractivity contribution is 9.10. The molecule has 4 aromatic rings. The molecule has 2 aromatic heterocycles. The molecule has 24 heavy (non-hydrogen) atoms. The molecule has 0 saturated heterocycles. The van der Waals surface area contributed by atoms with Crippen LogP contribution in [0.4, 0.5) is 0 Å². The van der Waals surface area contributed by atoms with E-state index in [1.807, 2.05) is 48.5 Å². The average molecular weight is 382 g/mol. The van der Waals surface area contributed by atoms with Crippen LogP contribution in [0.15, 0.2) is 74.7 Å². The summed E-state index contributed by atoms with van der Waals surface area (Å²) in [7, 11) is 0. The van der Waals surface area contributed by atoms with Gasteiger partial charge in [0.2, 0.25) is 0 Å². The van der Waals surface area contributed by atoms with Crippen LogP contribution in [0.2, 0.25) is 0 Å². The van der Waals surface area contributed by atoms with Crippen molar-refractivity contribution < 1.29 is 4.52 Å². The Morgan fingerprint density at radius 3 is 2.75 bits per heavy atom. The minimum Gasteiger partial charge on any atom is -0.359 e. The lowest BCUT2D eigenvalue weighted by Crippen LogP contribution is -2.20. The van der Waals surface area contributed by atoms with Crippen LogP contribution in [-0.2, 0) is 6.54 Å². The Kier molecular flexibility index (Phi) is 3.74. The van der Waals surface area contributed by atoms with Crippen LogP contribution in [-0.4, -0.2) is 14.7 Å². The summed E-state index contributed by atoms with van der Waals surface area (Å²) in [5.74, 6) is 0.604. The van der Waals surface area contributed by atoms with Crippen LogP contribution in [0.3, 0.4) is 0 Å². The van der Waals surface area contributed by atoms with Crippen molar-refractivity contribution in [1.29, 1.82) is 0 Å². The van der Waals surface area contributed by atoms with Crippen molar-refractivity contribution in [3.8, 4) is 11.3 Å². The maximum atomic E-state index is 12.6. The zero-order valence-corrected chi connectivity index (χ0v) is 14.1. The molecule has 0 atom stereocenters. The molecular weight excluding hydrogens is 370 g/mol. The summed E-state index contributed by atoms with van der Waals surface area (Å²) in [5, 5.41) is 4.63. The molecule has 5 nitrogen and oxygen atoms in total. The van der Waals surface area contributed by atoms with Crippen molar-refractivity contribution in [1.82, 2.24) is 14.7 Å². The Hall–Kier alpha value is -2.73. The summed E-state index contributed by atoms with van der Waals surface area (Å²) in [6, 6.07) is 17.0. The number of benzene rings is 2. The van der Waals surface area contributed by atoms with E-state index < -0.39 is 0 Å². The second-order valence-electron chi connectivity index (χ2n) is 5.38. The first-order valence-electron chi connectivity index (χ1n) is 7.36. The molecule has 118 valence electrons. The third-order valence-corrected chi connectivity index (χ3v) is 4.23. The summed E-state index contributed by atoms with van der Waals surface area (Å²) in [4.78, 5) is 16.9. The van der Waals surface area contributed by atoms with Gasteiger partial charge in [-0.25, -0.2) is 4.98 Å². The largest absolute Gasteiger partial charge is 0.359 e. The van der Waals surface area contributed by atoms with Crippen molar-refractivity contribution in [3.05, 3.63) is 81.5 Å². The lowest BCUT2D eigenvalue weighted by molar-refractivity contribution is 0.376. The first-order valence-corrected chi connectivity index (χ1v) is 8.16. The van der Waals surface area contributed by atoms with Gasteiger partial charge in [0.05, 0.1) is 23.8 Å². The Bertz CT molecular complexity index is 1070. The SMILES string of the molecule is O=c1c2cc(Br)ccc2ncn1Cc1cc(-c2ccccc2)no1. The van der Waals surface area contributed by atoms with Crippen molar-refractivity contribution >= 4 is 26.8 Å². The molecule has 0 radical (unpaired) electrons. The van der Waals surface area contributed by atoms with Crippen LogP contribution in [0.1, 0.15) is 5.76 Å². The van der Waals surface area contributed by atoms with Gasteiger partial charge in [0.25, 0.3) is 5.56 Å². The molecule has 6 heteroatoms. The molecule has 0 N–H and O–H groups in total. The Labute approximate surface area is 145 Å².